The predicted octanol–water partition coefficient (Wildman–Crippen LogP) is 1.74. The molecule has 0 aromatic carbocycles. The molecule has 0 radical (unpaired) electrons. The van der Waals surface area contributed by atoms with Crippen LogP contribution in [0, 0.1) is 0 Å². The van der Waals surface area contributed by atoms with E-state index in [1.165, 1.54) is 83.5 Å². The molecule has 11 nitrogen and oxygen atoms in total. The third-order valence-corrected chi connectivity index (χ3v) is 6.30. The van der Waals surface area contributed by atoms with Gasteiger partial charge in [-0.3, -0.25) is 9.69 Å². The van der Waals surface area contributed by atoms with E-state index in [1.807, 2.05) is 0 Å². The molecule has 250 valence electrons. The van der Waals surface area contributed by atoms with E-state index >= 15 is 0 Å². The Bertz CT molecular complexity index is 470. The highest BCUT2D eigenvalue weighted by molar-refractivity contribution is 5.69. The second-order valence-electron chi connectivity index (χ2n) is 10.3. The third-order valence-electron chi connectivity index (χ3n) is 6.30. The van der Waals surface area contributed by atoms with Crippen LogP contribution in [0.15, 0.2) is 0 Å². The Morgan fingerprint density at radius 2 is 0.902 bits per heavy atom. The zero-order valence-electron chi connectivity index (χ0n) is 25.9. The van der Waals surface area contributed by atoms with E-state index in [9.17, 15) is 4.79 Å². The number of unbranched alkanes of at least 4 members (excludes halogenated alkanes) is 14. The van der Waals surface area contributed by atoms with Gasteiger partial charge < -0.3 is 45.6 Å². The zero-order valence-corrected chi connectivity index (χ0v) is 25.9. The average Bonchev–Trinajstić information content (AvgIpc) is 2.98. The van der Waals surface area contributed by atoms with Gasteiger partial charge >= 0.3 is 5.97 Å². The van der Waals surface area contributed by atoms with Crippen molar-refractivity contribution in [1.82, 2.24) is 4.90 Å². The van der Waals surface area contributed by atoms with E-state index in [2.05, 4.69) is 6.92 Å². The summed E-state index contributed by atoms with van der Waals surface area (Å²) in [6, 6.07) is 0. The summed E-state index contributed by atoms with van der Waals surface area (Å²) < 4.78 is 4.86. The molecule has 11 heteroatoms. The summed E-state index contributed by atoms with van der Waals surface area (Å²) in [5, 5.41) is 67.2. The van der Waals surface area contributed by atoms with Gasteiger partial charge in [0.1, 0.15) is 18.8 Å². The first-order valence-corrected chi connectivity index (χ1v) is 15.8. The van der Waals surface area contributed by atoms with Crippen LogP contribution in [-0.2, 0) is 9.53 Å². The van der Waals surface area contributed by atoms with Crippen LogP contribution in [-0.4, -0.2) is 130 Å². The topological polar surface area (TPSA) is 191 Å². The summed E-state index contributed by atoms with van der Waals surface area (Å²) in [5.41, 5.74) is 0. The molecule has 0 aliphatic carbocycles. The van der Waals surface area contributed by atoms with Crippen LogP contribution >= 0.6 is 0 Å². The number of aliphatic hydroxyl groups is 8. The molecule has 0 aromatic heterocycles. The molecule has 0 aromatic rings. The SMILES string of the molecule is CCCCCCCCCCCCCCCCCC(=O)OCC(O)CO.OCC(O)CO.OCCN(CCO)CCO. The number of ether oxygens (including phenoxy) is 1. The van der Waals surface area contributed by atoms with Crippen molar-refractivity contribution in [3.63, 3.8) is 0 Å². The largest absolute Gasteiger partial charge is 0.463 e. The number of carbonyl (C=O) groups excluding carboxylic acids is 1. The van der Waals surface area contributed by atoms with Crippen molar-refractivity contribution < 1.29 is 50.4 Å². The molecule has 0 aliphatic rings. The minimum atomic E-state index is -0.954. The lowest BCUT2D eigenvalue weighted by molar-refractivity contribution is -0.147. The molecule has 0 saturated heterocycles. The Morgan fingerprint density at radius 1 is 0.561 bits per heavy atom. The summed E-state index contributed by atoms with van der Waals surface area (Å²) in [6.07, 6.45) is 18.1. The molecule has 0 amide bonds. The van der Waals surface area contributed by atoms with Crippen molar-refractivity contribution in [3.05, 3.63) is 0 Å². The highest BCUT2D eigenvalue weighted by Crippen LogP contribution is 2.13. The number of hydrogen-bond acceptors (Lipinski definition) is 11. The van der Waals surface area contributed by atoms with Gasteiger partial charge in [-0.1, -0.05) is 96.8 Å². The molecule has 1 unspecified atom stereocenters. The van der Waals surface area contributed by atoms with Gasteiger partial charge in [0, 0.05) is 26.1 Å². The normalized spacial score (nSPS) is 11.6. The maximum atomic E-state index is 11.4. The first kappa shape index (κ1) is 44.5. The van der Waals surface area contributed by atoms with Crippen molar-refractivity contribution in [2.24, 2.45) is 0 Å². The summed E-state index contributed by atoms with van der Waals surface area (Å²) in [5.74, 6) is -0.276. The van der Waals surface area contributed by atoms with E-state index < -0.39 is 12.2 Å². The Balaban J connectivity index is -0.000000735. The lowest BCUT2D eigenvalue weighted by Crippen LogP contribution is -2.32. The molecule has 1 atom stereocenters. The van der Waals surface area contributed by atoms with Crippen molar-refractivity contribution in [3.8, 4) is 0 Å². The maximum absolute atomic E-state index is 11.4. The fraction of sp³-hybridized carbons (Fsp3) is 0.967. The molecule has 0 heterocycles. The molecule has 41 heavy (non-hydrogen) atoms. The first-order valence-electron chi connectivity index (χ1n) is 15.8. The van der Waals surface area contributed by atoms with Gasteiger partial charge in [0.15, 0.2) is 0 Å². The van der Waals surface area contributed by atoms with Gasteiger partial charge in [-0.15, -0.1) is 0 Å². The van der Waals surface area contributed by atoms with E-state index in [4.69, 9.17) is 45.6 Å². The second kappa shape index (κ2) is 39.1. The number of carbonyl (C=O) groups is 1. The van der Waals surface area contributed by atoms with Crippen LogP contribution in [0.2, 0.25) is 0 Å². The monoisotopic (exact) mass is 599 g/mol. The molecular formula is C30H65NO10. The third kappa shape index (κ3) is 41.3. The highest BCUT2D eigenvalue weighted by Gasteiger charge is 2.07. The molecule has 0 rings (SSSR count). The van der Waals surface area contributed by atoms with Crippen molar-refractivity contribution in [2.45, 2.75) is 122 Å². The molecule has 0 bridgehead atoms. The van der Waals surface area contributed by atoms with Gasteiger partial charge in [-0.05, 0) is 6.42 Å². The van der Waals surface area contributed by atoms with Crippen LogP contribution < -0.4 is 0 Å². The number of rotatable bonds is 27. The summed E-state index contributed by atoms with van der Waals surface area (Å²) in [7, 11) is 0. The fourth-order valence-corrected chi connectivity index (χ4v) is 3.77. The van der Waals surface area contributed by atoms with Crippen molar-refractivity contribution in [2.75, 3.05) is 65.9 Å². The van der Waals surface area contributed by atoms with Crippen LogP contribution in [0.5, 0.6) is 0 Å². The lowest BCUT2D eigenvalue weighted by atomic mass is 10.0. The molecule has 0 saturated carbocycles. The average molecular weight is 600 g/mol. The molecular weight excluding hydrogens is 534 g/mol. The Labute approximate surface area is 249 Å². The summed E-state index contributed by atoms with van der Waals surface area (Å²) in [4.78, 5) is 13.2. The van der Waals surface area contributed by atoms with Gasteiger partial charge in [-0.25, -0.2) is 0 Å². The highest BCUT2D eigenvalue weighted by atomic mass is 16.5. The molecule has 0 aliphatic heterocycles. The van der Waals surface area contributed by atoms with Crippen molar-refractivity contribution in [1.29, 1.82) is 0 Å². The van der Waals surface area contributed by atoms with E-state index in [0.717, 1.165) is 12.8 Å². The maximum Gasteiger partial charge on any atom is 0.305 e. The molecule has 0 spiro atoms. The van der Waals surface area contributed by atoms with Crippen molar-refractivity contribution >= 4 is 5.97 Å². The van der Waals surface area contributed by atoms with E-state index in [0.29, 0.717) is 26.1 Å². The predicted molar refractivity (Wildman–Crippen MR) is 161 cm³/mol. The van der Waals surface area contributed by atoms with Crippen LogP contribution in [0.4, 0.5) is 0 Å². The Morgan fingerprint density at radius 3 is 1.20 bits per heavy atom. The number of hydrogen-bond donors (Lipinski definition) is 8. The van der Waals surface area contributed by atoms with Gasteiger partial charge in [0.05, 0.1) is 39.6 Å². The van der Waals surface area contributed by atoms with Gasteiger partial charge in [0.25, 0.3) is 0 Å². The zero-order chi connectivity index (χ0) is 31.4. The quantitative estimate of drug-likeness (QED) is 0.0507. The summed E-state index contributed by atoms with van der Waals surface area (Å²) >= 11 is 0. The fourth-order valence-electron chi connectivity index (χ4n) is 3.77. The number of esters is 1. The lowest BCUT2D eigenvalue weighted by Gasteiger charge is -2.17. The first-order chi connectivity index (χ1) is 19.9. The van der Waals surface area contributed by atoms with Crippen LogP contribution in [0.25, 0.3) is 0 Å². The number of nitrogens with zero attached hydrogens (tertiary/aromatic N) is 1. The Hall–Kier alpha value is -0.890. The minimum Gasteiger partial charge on any atom is -0.463 e. The molecule has 8 N–H and O–H groups in total. The van der Waals surface area contributed by atoms with Gasteiger partial charge in [-0.2, -0.15) is 0 Å². The standard InChI is InChI=1S/C21H42O4.C6H15NO3.C3H8O3/c1-2-3-4-5-6-7-8-9-10-11-12-13-14-15-16-17-21(24)25-19-20(23)18-22;8-4-1-7(2-5-9)3-6-10;4-1-3(6)2-5/h20,22-23H,2-19H2,1H3;8-10H,1-6H2;3-6H,1-2H2. The van der Waals surface area contributed by atoms with E-state index in [1.54, 1.807) is 4.90 Å². The Kier molecular flexibility index (Phi) is 42.5. The molecule has 0 fully saturated rings. The smallest absolute Gasteiger partial charge is 0.305 e. The van der Waals surface area contributed by atoms with E-state index in [-0.39, 0.29) is 52.2 Å². The number of aliphatic hydroxyl groups excluding tert-OH is 8. The van der Waals surface area contributed by atoms with Crippen LogP contribution in [0.3, 0.4) is 0 Å². The van der Waals surface area contributed by atoms with Gasteiger partial charge in [0.2, 0.25) is 0 Å². The second-order valence-corrected chi connectivity index (χ2v) is 10.3. The van der Waals surface area contributed by atoms with Crippen LogP contribution in [0.1, 0.15) is 110 Å². The summed E-state index contributed by atoms with van der Waals surface area (Å²) in [6.45, 7) is 2.82. The minimum absolute atomic E-state index is 0.0694.